The van der Waals surface area contributed by atoms with E-state index < -0.39 is 6.10 Å². The Hall–Kier alpha value is -2.85. The molecule has 0 saturated heterocycles. The van der Waals surface area contributed by atoms with Crippen LogP contribution in [0.5, 0.6) is 0 Å². The van der Waals surface area contributed by atoms with Crippen molar-refractivity contribution in [1.29, 1.82) is 0 Å². The van der Waals surface area contributed by atoms with Crippen molar-refractivity contribution in [3.8, 4) is 0 Å². The molecule has 25 heavy (non-hydrogen) atoms. The molecule has 3 rings (SSSR count). The van der Waals surface area contributed by atoms with Crippen LogP contribution in [0.4, 0.5) is 10.5 Å². The van der Waals surface area contributed by atoms with Gasteiger partial charge in [0.25, 0.3) is 0 Å². The smallest absolute Gasteiger partial charge is 0.319 e. The van der Waals surface area contributed by atoms with Gasteiger partial charge in [0.15, 0.2) is 0 Å². The fourth-order valence-electron chi connectivity index (χ4n) is 2.89. The average Bonchev–Trinajstić information content (AvgIpc) is 2.62. The van der Waals surface area contributed by atoms with E-state index in [9.17, 15) is 9.90 Å². The first kappa shape index (κ1) is 17.0. The van der Waals surface area contributed by atoms with Crippen LogP contribution in [0.25, 0.3) is 10.8 Å². The van der Waals surface area contributed by atoms with E-state index in [0.717, 1.165) is 33.2 Å². The third-order valence-electron chi connectivity index (χ3n) is 4.33. The van der Waals surface area contributed by atoms with Gasteiger partial charge in [-0.3, -0.25) is 0 Å². The summed E-state index contributed by atoms with van der Waals surface area (Å²) in [7, 11) is 0. The molecule has 2 amide bonds. The maximum Gasteiger partial charge on any atom is 0.319 e. The first-order chi connectivity index (χ1) is 12.0. The zero-order chi connectivity index (χ0) is 17.8. The molecule has 4 nitrogen and oxygen atoms in total. The van der Waals surface area contributed by atoms with Crippen LogP contribution in [0.2, 0.25) is 0 Å². The van der Waals surface area contributed by atoms with Crippen molar-refractivity contribution in [3.05, 3.63) is 77.4 Å². The maximum absolute atomic E-state index is 12.1. The van der Waals surface area contributed by atoms with Gasteiger partial charge in [0.05, 0.1) is 6.10 Å². The van der Waals surface area contributed by atoms with Gasteiger partial charge in [-0.05, 0) is 47.4 Å². The first-order valence-corrected chi connectivity index (χ1v) is 8.32. The van der Waals surface area contributed by atoms with Gasteiger partial charge in [0.1, 0.15) is 0 Å². The van der Waals surface area contributed by atoms with Crippen molar-refractivity contribution >= 4 is 22.5 Å². The second-order valence-corrected chi connectivity index (χ2v) is 6.22. The minimum Gasteiger partial charge on any atom is -0.387 e. The molecule has 0 aliphatic rings. The summed E-state index contributed by atoms with van der Waals surface area (Å²) in [6.45, 7) is 4.05. The molecule has 1 unspecified atom stereocenters. The van der Waals surface area contributed by atoms with Crippen molar-refractivity contribution in [3.63, 3.8) is 0 Å². The zero-order valence-electron chi connectivity index (χ0n) is 14.4. The summed E-state index contributed by atoms with van der Waals surface area (Å²) in [5.74, 6) is 0. The number of fused-ring (bicyclic) bond motifs is 1. The molecule has 128 valence electrons. The van der Waals surface area contributed by atoms with Crippen molar-refractivity contribution in [1.82, 2.24) is 5.32 Å². The van der Waals surface area contributed by atoms with Gasteiger partial charge < -0.3 is 15.7 Å². The van der Waals surface area contributed by atoms with E-state index in [1.54, 1.807) is 0 Å². The van der Waals surface area contributed by atoms with E-state index >= 15 is 0 Å². The lowest BCUT2D eigenvalue weighted by atomic mass is 10.0. The maximum atomic E-state index is 12.1. The van der Waals surface area contributed by atoms with Crippen LogP contribution in [0, 0.1) is 13.8 Å². The van der Waals surface area contributed by atoms with Crippen molar-refractivity contribution in [2.75, 3.05) is 11.9 Å². The lowest BCUT2D eigenvalue weighted by Crippen LogP contribution is -2.32. The third-order valence-corrected chi connectivity index (χ3v) is 4.33. The van der Waals surface area contributed by atoms with E-state index in [4.69, 9.17) is 0 Å². The molecule has 0 radical (unpaired) electrons. The zero-order valence-corrected chi connectivity index (χ0v) is 14.4. The number of hydrogen-bond donors (Lipinski definition) is 3. The van der Waals surface area contributed by atoms with Crippen LogP contribution in [-0.4, -0.2) is 17.7 Å². The van der Waals surface area contributed by atoms with Gasteiger partial charge in [0, 0.05) is 12.2 Å². The highest BCUT2D eigenvalue weighted by atomic mass is 16.3. The number of benzene rings is 3. The number of aliphatic hydroxyl groups excluding tert-OH is 1. The van der Waals surface area contributed by atoms with Gasteiger partial charge in [-0.25, -0.2) is 4.79 Å². The number of rotatable bonds is 4. The molecule has 0 fully saturated rings. The van der Waals surface area contributed by atoms with Gasteiger partial charge in [-0.1, -0.05) is 54.6 Å². The van der Waals surface area contributed by atoms with Crippen molar-refractivity contribution in [2.24, 2.45) is 0 Å². The number of amides is 2. The number of hydrogen-bond acceptors (Lipinski definition) is 2. The number of anilines is 1. The van der Waals surface area contributed by atoms with Crippen LogP contribution < -0.4 is 10.6 Å². The van der Waals surface area contributed by atoms with Crippen molar-refractivity contribution in [2.45, 2.75) is 20.0 Å². The molecule has 0 heterocycles. The highest BCUT2D eigenvalue weighted by molar-refractivity contribution is 5.91. The molecule has 0 aromatic heterocycles. The molecule has 3 N–H and O–H groups in total. The van der Waals surface area contributed by atoms with Gasteiger partial charge in [-0.15, -0.1) is 0 Å². The van der Waals surface area contributed by atoms with E-state index in [-0.39, 0.29) is 12.6 Å². The Morgan fingerprint density at radius 3 is 2.36 bits per heavy atom. The molecule has 0 aliphatic carbocycles. The summed E-state index contributed by atoms with van der Waals surface area (Å²) in [6, 6.07) is 19.3. The van der Waals surface area contributed by atoms with Crippen LogP contribution >= 0.6 is 0 Å². The number of nitrogens with one attached hydrogen (secondary N) is 2. The van der Waals surface area contributed by atoms with E-state index in [1.807, 2.05) is 74.5 Å². The van der Waals surface area contributed by atoms with Crippen LogP contribution in [0.15, 0.2) is 60.7 Å². The summed E-state index contributed by atoms with van der Waals surface area (Å²) in [5.41, 5.74) is 3.60. The van der Waals surface area contributed by atoms with Gasteiger partial charge in [0.2, 0.25) is 0 Å². The summed E-state index contributed by atoms with van der Waals surface area (Å²) < 4.78 is 0. The Balaban J connectivity index is 1.63. The van der Waals surface area contributed by atoms with Crippen LogP contribution in [0.3, 0.4) is 0 Å². The standard InChI is InChI=1S/C21H22N2O2/c1-14-6-5-7-15(2)20(14)23-21(25)22-13-19(24)18-11-10-16-8-3-4-9-17(16)12-18/h3-12,19,24H,13H2,1-2H3,(H2,22,23,25). The molecule has 3 aromatic rings. The van der Waals surface area contributed by atoms with Crippen molar-refractivity contribution < 1.29 is 9.90 Å². The van der Waals surface area contributed by atoms with Crippen LogP contribution in [-0.2, 0) is 0 Å². The molecule has 4 heteroatoms. The number of para-hydroxylation sites is 1. The molecule has 0 spiro atoms. The quantitative estimate of drug-likeness (QED) is 0.666. The monoisotopic (exact) mass is 334 g/mol. The fraction of sp³-hybridized carbons (Fsp3) is 0.190. The fourth-order valence-corrected chi connectivity index (χ4v) is 2.89. The first-order valence-electron chi connectivity index (χ1n) is 8.32. The third kappa shape index (κ3) is 3.98. The summed E-state index contributed by atoms with van der Waals surface area (Å²) in [5, 5.41) is 18.1. The Bertz CT molecular complexity index is 885. The number of carbonyl (C=O) groups excluding carboxylic acids is 1. The van der Waals surface area contributed by atoms with E-state index in [0.29, 0.717) is 0 Å². The SMILES string of the molecule is Cc1cccc(C)c1NC(=O)NCC(O)c1ccc2ccccc2c1. The molecule has 0 saturated carbocycles. The summed E-state index contributed by atoms with van der Waals surface area (Å²) >= 11 is 0. The predicted octanol–water partition coefficient (Wildman–Crippen LogP) is 4.31. The lowest BCUT2D eigenvalue weighted by molar-refractivity contribution is 0.175. The molecular formula is C21H22N2O2. The Labute approximate surface area is 147 Å². The minimum atomic E-state index is -0.756. The predicted molar refractivity (Wildman–Crippen MR) is 102 cm³/mol. The lowest BCUT2D eigenvalue weighted by Gasteiger charge is -2.15. The Morgan fingerprint density at radius 1 is 0.960 bits per heavy atom. The van der Waals surface area contributed by atoms with E-state index in [2.05, 4.69) is 10.6 Å². The molecule has 0 aliphatic heterocycles. The minimum absolute atomic E-state index is 0.148. The number of carbonyl (C=O) groups is 1. The van der Waals surface area contributed by atoms with Gasteiger partial charge in [-0.2, -0.15) is 0 Å². The number of urea groups is 1. The Morgan fingerprint density at radius 2 is 1.64 bits per heavy atom. The van der Waals surface area contributed by atoms with E-state index in [1.165, 1.54) is 0 Å². The molecular weight excluding hydrogens is 312 g/mol. The van der Waals surface area contributed by atoms with Gasteiger partial charge >= 0.3 is 6.03 Å². The average molecular weight is 334 g/mol. The highest BCUT2D eigenvalue weighted by Gasteiger charge is 2.11. The number of aryl methyl sites for hydroxylation is 2. The number of aliphatic hydroxyl groups is 1. The molecule has 1 atom stereocenters. The largest absolute Gasteiger partial charge is 0.387 e. The van der Waals surface area contributed by atoms with Crippen LogP contribution in [0.1, 0.15) is 22.8 Å². The normalized spacial score (nSPS) is 12.0. The topological polar surface area (TPSA) is 61.4 Å². The second-order valence-electron chi connectivity index (χ2n) is 6.22. The molecule has 3 aromatic carbocycles. The Kier molecular flexibility index (Phi) is 5.00. The summed E-state index contributed by atoms with van der Waals surface area (Å²) in [6.07, 6.45) is -0.756. The summed E-state index contributed by atoms with van der Waals surface area (Å²) in [4.78, 5) is 12.1. The molecule has 0 bridgehead atoms. The second kappa shape index (κ2) is 7.36. The highest BCUT2D eigenvalue weighted by Crippen LogP contribution is 2.21.